The third kappa shape index (κ3) is 6.81. The number of hydrogen-bond donors (Lipinski definition) is 1. The minimum absolute atomic E-state index is 0.0427. The van der Waals surface area contributed by atoms with Gasteiger partial charge in [0.2, 0.25) is 11.8 Å². The summed E-state index contributed by atoms with van der Waals surface area (Å²) in [5, 5.41) is 2.59. The molecular weight excluding hydrogens is 328 g/mol. The highest BCUT2D eigenvalue weighted by molar-refractivity contribution is 5.94. The quantitative estimate of drug-likeness (QED) is 0.743. The lowest BCUT2D eigenvalue weighted by atomic mass is 10.2. The van der Waals surface area contributed by atoms with Crippen molar-refractivity contribution < 1.29 is 14.3 Å². The van der Waals surface area contributed by atoms with E-state index >= 15 is 0 Å². The molecule has 0 radical (unpaired) electrons. The van der Waals surface area contributed by atoms with Gasteiger partial charge in [-0.25, -0.2) is 0 Å². The predicted octanol–water partition coefficient (Wildman–Crippen LogP) is 2.66. The van der Waals surface area contributed by atoms with Crippen molar-refractivity contribution in [2.75, 3.05) is 26.7 Å². The van der Waals surface area contributed by atoms with Crippen LogP contribution in [0.2, 0.25) is 0 Å². The summed E-state index contributed by atoms with van der Waals surface area (Å²) in [5.74, 6) is 0.307. The average molecular weight is 352 g/mol. The Labute approximate surface area is 154 Å². The zero-order valence-corrected chi connectivity index (χ0v) is 15.1. The number of carbonyl (C=O) groups excluding carboxylic acids is 2. The van der Waals surface area contributed by atoms with E-state index in [2.05, 4.69) is 5.32 Å². The molecule has 0 aliphatic heterocycles. The van der Waals surface area contributed by atoms with Crippen LogP contribution in [0.15, 0.2) is 60.7 Å². The lowest BCUT2D eigenvalue weighted by Gasteiger charge is -2.17. The van der Waals surface area contributed by atoms with Crippen LogP contribution in [0.3, 0.4) is 0 Å². The second-order valence-electron chi connectivity index (χ2n) is 5.94. The van der Waals surface area contributed by atoms with Crippen molar-refractivity contribution >= 4 is 17.9 Å². The van der Waals surface area contributed by atoms with Crippen molar-refractivity contribution in [1.29, 1.82) is 0 Å². The molecule has 0 bridgehead atoms. The number of likely N-dealkylation sites (N-methyl/N-ethyl adjacent to an activating group) is 1. The Balaban J connectivity index is 1.67. The van der Waals surface area contributed by atoms with E-state index in [4.69, 9.17) is 4.74 Å². The molecule has 0 fully saturated rings. The Morgan fingerprint density at radius 2 is 1.77 bits per heavy atom. The topological polar surface area (TPSA) is 58.6 Å². The fourth-order valence-electron chi connectivity index (χ4n) is 2.15. The van der Waals surface area contributed by atoms with Gasteiger partial charge in [0.05, 0.1) is 13.1 Å². The summed E-state index contributed by atoms with van der Waals surface area (Å²) in [5.41, 5.74) is 2.10. The Bertz CT molecular complexity index is 740. The minimum Gasteiger partial charge on any atom is -0.492 e. The van der Waals surface area contributed by atoms with Gasteiger partial charge in [0.15, 0.2) is 0 Å². The Kier molecular flexibility index (Phi) is 7.43. The largest absolute Gasteiger partial charge is 0.492 e. The summed E-state index contributed by atoms with van der Waals surface area (Å²) in [6, 6.07) is 17.3. The summed E-state index contributed by atoms with van der Waals surface area (Å²) < 4.78 is 5.60. The number of carbonyl (C=O) groups is 2. The highest BCUT2D eigenvalue weighted by Crippen LogP contribution is 2.11. The average Bonchev–Trinajstić information content (AvgIpc) is 2.66. The van der Waals surface area contributed by atoms with Crippen LogP contribution in [0.1, 0.15) is 11.1 Å². The first-order valence-corrected chi connectivity index (χ1v) is 8.49. The van der Waals surface area contributed by atoms with E-state index in [1.54, 1.807) is 13.1 Å². The van der Waals surface area contributed by atoms with Crippen molar-refractivity contribution in [3.8, 4) is 5.75 Å². The molecule has 5 heteroatoms. The number of benzene rings is 2. The number of amides is 2. The first kappa shape index (κ1) is 19.2. The maximum Gasteiger partial charge on any atom is 0.244 e. The van der Waals surface area contributed by atoms with E-state index in [0.717, 1.165) is 11.3 Å². The molecule has 5 nitrogen and oxygen atoms in total. The van der Waals surface area contributed by atoms with Crippen molar-refractivity contribution in [1.82, 2.24) is 10.2 Å². The molecule has 136 valence electrons. The molecule has 0 heterocycles. The van der Waals surface area contributed by atoms with Crippen LogP contribution in [-0.2, 0) is 9.59 Å². The summed E-state index contributed by atoms with van der Waals surface area (Å²) >= 11 is 0. The first-order valence-electron chi connectivity index (χ1n) is 8.49. The van der Waals surface area contributed by atoms with Gasteiger partial charge < -0.3 is 15.0 Å². The number of ether oxygens (including phenoxy) is 1. The monoisotopic (exact) mass is 352 g/mol. The van der Waals surface area contributed by atoms with Crippen molar-refractivity contribution in [3.05, 3.63) is 71.8 Å². The molecule has 26 heavy (non-hydrogen) atoms. The van der Waals surface area contributed by atoms with Gasteiger partial charge in [0.1, 0.15) is 12.4 Å². The SMILES string of the molecule is Cc1ccc(OCCN(C)C(=O)CNC(=O)/C=C/c2ccccc2)cc1. The van der Waals surface area contributed by atoms with Gasteiger partial charge in [-0.15, -0.1) is 0 Å². The fourth-order valence-corrected chi connectivity index (χ4v) is 2.15. The molecule has 0 aliphatic rings. The molecule has 0 aromatic heterocycles. The summed E-state index contributed by atoms with van der Waals surface area (Å²) in [4.78, 5) is 25.4. The molecule has 0 spiro atoms. The zero-order chi connectivity index (χ0) is 18.8. The Morgan fingerprint density at radius 1 is 1.08 bits per heavy atom. The maximum absolute atomic E-state index is 12.0. The Morgan fingerprint density at radius 3 is 2.46 bits per heavy atom. The fraction of sp³-hybridized carbons (Fsp3) is 0.238. The molecule has 2 rings (SSSR count). The number of nitrogens with zero attached hydrogens (tertiary/aromatic N) is 1. The highest BCUT2D eigenvalue weighted by atomic mass is 16.5. The molecular formula is C21H24N2O3. The summed E-state index contributed by atoms with van der Waals surface area (Å²) in [6.07, 6.45) is 3.13. The van der Waals surface area contributed by atoms with E-state index in [9.17, 15) is 9.59 Å². The lowest BCUT2D eigenvalue weighted by molar-refractivity contribution is -0.131. The minimum atomic E-state index is -0.300. The van der Waals surface area contributed by atoms with Gasteiger partial charge in [-0.2, -0.15) is 0 Å². The third-order valence-corrected chi connectivity index (χ3v) is 3.78. The van der Waals surface area contributed by atoms with Crippen LogP contribution < -0.4 is 10.1 Å². The summed E-state index contributed by atoms with van der Waals surface area (Å²) in [6.45, 7) is 2.81. The second kappa shape index (κ2) is 10.0. The van der Waals surface area contributed by atoms with E-state index in [1.807, 2.05) is 61.5 Å². The Hall–Kier alpha value is -3.08. The third-order valence-electron chi connectivity index (χ3n) is 3.78. The van der Waals surface area contributed by atoms with Crippen molar-refractivity contribution in [2.24, 2.45) is 0 Å². The van der Waals surface area contributed by atoms with Crippen LogP contribution in [0.5, 0.6) is 5.75 Å². The van der Waals surface area contributed by atoms with Crippen LogP contribution in [-0.4, -0.2) is 43.5 Å². The molecule has 0 atom stereocenters. The van der Waals surface area contributed by atoms with Gasteiger partial charge >= 0.3 is 0 Å². The molecule has 0 saturated carbocycles. The van der Waals surface area contributed by atoms with Gasteiger partial charge in [-0.3, -0.25) is 9.59 Å². The van der Waals surface area contributed by atoms with Gasteiger partial charge in [0.25, 0.3) is 0 Å². The summed E-state index contributed by atoms with van der Waals surface area (Å²) in [7, 11) is 1.69. The van der Waals surface area contributed by atoms with Gasteiger partial charge in [-0.05, 0) is 30.7 Å². The van der Waals surface area contributed by atoms with Gasteiger partial charge in [-0.1, -0.05) is 48.0 Å². The zero-order valence-electron chi connectivity index (χ0n) is 15.1. The molecule has 0 saturated heterocycles. The predicted molar refractivity (Wildman–Crippen MR) is 103 cm³/mol. The molecule has 1 N–H and O–H groups in total. The second-order valence-corrected chi connectivity index (χ2v) is 5.94. The van der Waals surface area contributed by atoms with E-state index in [0.29, 0.717) is 13.2 Å². The van der Waals surface area contributed by atoms with Crippen molar-refractivity contribution in [2.45, 2.75) is 6.92 Å². The number of aryl methyl sites for hydroxylation is 1. The molecule has 0 unspecified atom stereocenters. The van der Waals surface area contributed by atoms with Crippen LogP contribution in [0.4, 0.5) is 0 Å². The highest BCUT2D eigenvalue weighted by Gasteiger charge is 2.09. The van der Waals surface area contributed by atoms with Crippen LogP contribution in [0.25, 0.3) is 6.08 Å². The van der Waals surface area contributed by atoms with E-state index < -0.39 is 0 Å². The van der Waals surface area contributed by atoms with Crippen molar-refractivity contribution in [3.63, 3.8) is 0 Å². The van der Waals surface area contributed by atoms with E-state index in [-0.39, 0.29) is 18.4 Å². The number of hydrogen-bond acceptors (Lipinski definition) is 3. The standard InChI is InChI=1S/C21H24N2O3/c1-17-8-11-19(12-9-17)26-15-14-23(2)21(25)16-22-20(24)13-10-18-6-4-3-5-7-18/h3-13H,14-16H2,1-2H3,(H,22,24)/b13-10+. The molecule has 0 aliphatic carbocycles. The van der Waals surface area contributed by atoms with E-state index in [1.165, 1.54) is 16.5 Å². The molecule has 2 aromatic carbocycles. The van der Waals surface area contributed by atoms with Crippen LogP contribution in [0, 0.1) is 6.92 Å². The normalized spacial score (nSPS) is 10.5. The molecule has 2 aromatic rings. The smallest absolute Gasteiger partial charge is 0.244 e. The molecule has 2 amide bonds. The first-order chi connectivity index (χ1) is 12.5. The van der Waals surface area contributed by atoms with Gasteiger partial charge in [0, 0.05) is 13.1 Å². The number of nitrogens with one attached hydrogen (secondary N) is 1. The lowest BCUT2D eigenvalue weighted by Crippen LogP contribution is -2.39. The number of rotatable bonds is 8. The van der Waals surface area contributed by atoms with Crippen LogP contribution >= 0.6 is 0 Å². The maximum atomic E-state index is 12.0.